The first-order valence-corrected chi connectivity index (χ1v) is 9.28. The van der Waals surface area contributed by atoms with Crippen molar-refractivity contribution in [3.8, 4) is 0 Å². The highest BCUT2D eigenvalue weighted by atomic mass is 32.1. The number of nitrogens with zero attached hydrogens (tertiary/aromatic N) is 1. The van der Waals surface area contributed by atoms with E-state index in [1.165, 1.54) is 32.1 Å². The highest BCUT2D eigenvalue weighted by Gasteiger charge is 2.38. The van der Waals surface area contributed by atoms with Crippen molar-refractivity contribution in [1.29, 1.82) is 0 Å². The molecule has 1 N–H and O–H groups in total. The van der Waals surface area contributed by atoms with Crippen molar-refractivity contribution >= 4 is 17.2 Å². The fourth-order valence-corrected chi connectivity index (χ4v) is 4.45. The Kier molecular flexibility index (Phi) is 5.50. The molecule has 0 unspecified atom stereocenters. The molecule has 1 amide bonds. The maximum absolute atomic E-state index is 12.2. The van der Waals surface area contributed by atoms with E-state index in [0.29, 0.717) is 6.42 Å². The number of morpholine rings is 1. The predicted molar refractivity (Wildman–Crippen MR) is 89.2 cm³/mol. The van der Waals surface area contributed by atoms with Crippen LogP contribution in [-0.2, 0) is 16.0 Å². The molecule has 1 aliphatic heterocycles. The first-order chi connectivity index (χ1) is 10.8. The molecule has 0 aromatic carbocycles. The standard InChI is InChI=1S/C17H26N2O2S/c20-16(13-15-5-4-12-22-15)18-14-17(6-2-1-3-7-17)19-8-10-21-11-9-19/h4-5,12H,1-3,6-11,13-14H2,(H,18,20). The third kappa shape index (κ3) is 3.89. The minimum absolute atomic E-state index is 0.153. The summed E-state index contributed by atoms with van der Waals surface area (Å²) in [6, 6.07) is 4.03. The van der Waals surface area contributed by atoms with Crippen LogP contribution in [0.3, 0.4) is 0 Å². The second kappa shape index (κ2) is 7.57. The lowest BCUT2D eigenvalue weighted by Crippen LogP contribution is -2.59. The number of hydrogen-bond acceptors (Lipinski definition) is 4. The van der Waals surface area contributed by atoms with Gasteiger partial charge in [0.2, 0.25) is 5.91 Å². The Bertz CT molecular complexity index is 463. The summed E-state index contributed by atoms with van der Waals surface area (Å²) in [5.74, 6) is 0.153. The summed E-state index contributed by atoms with van der Waals surface area (Å²) < 4.78 is 5.50. The molecule has 2 fully saturated rings. The van der Waals surface area contributed by atoms with Crippen molar-refractivity contribution in [2.75, 3.05) is 32.8 Å². The van der Waals surface area contributed by atoms with Crippen LogP contribution in [0.2, 0.25) is 0 Å². The summed E-state index contributed by atoms with van der Waals surface area (Å²) >= 11 is 1.65. The summed E-state index contributed by atoms with van der Waals surface area (Å²) in [6.07, 6.45) is 6.79. The Morgan fingerprint density at radius 2 is 2.05 bits per heavy atom. The summed E-state index contributed by atoms with van der Waals surface area (Å²) in [7, 11) is 0. The van der Waals surface area contributed by atoms with Gasteiger partial charge in [0.25, 0.3) is 0 Å². The van der Waals surface area contributed by atoms with Crippen LogP contribution >= 0.6 is 11.3 Å². The Hall–Kier alpha value is -0.910. The van der Waals surface area contributed by atoms with Gasteiger partial charge in [-0.25, -0.2) is 0 Å². The molecule has 0 radical (unpaired) electrons. The van der Waals surface area contributed by atoms with Crippen LogP contribution in [-0.4, -0.2) is 49.2 Å². The lowest BCUT2D eigenvalue weighted by molar-refractivity contribution is -0.121. The first kappa shape index (κ1) is 16.0. The van der Waals surface area contributed by atoms with Gasteiger partial charge in [0.1, 0.15) is 0 Å². The second-order valence-electron chi connectivity index (χ2n) is 6.42. The van der Waals surface area contributed by atoms with Gasteiger partial charge < -0.3 is 10.1 Å². The van der Waals surface area contributed by atoms with E-state index in [1.54, 1.807) is 11.3 Å². The highest BCUT2D eigenvalue weighted by Crippen LogP contribution is 2.33. The number of carbonyl (C=O) groups is 1. The van der Waals surface area contributed by atoms with Gasteiger partial charge in [-0.1, -0.05) is 25.3 Å². The fraction of sp³-hybridized carbons (Fsp3) is 0.706. The molecule has 1 aliphatic carbocycles. The van der Waals surface area contributed by atoms with E-state index >= 15 is 0 Å². The Morgan fingerprint density at radius 1 is 1.27 bits per heavy atom. The monoisotopic (exact) mass is 322 g/mol. The third-order valence-corrected chi connectivity index (χ3v) is 5.87. The van der Waals surface area contributed by atoms with E-state index in [-0.39, 0.29) is 11.4 Å². The van der Waals surface area contributed by atoms with Gasteiger partial charge in [0.15, 0.2) is 0 Å². The van der Waals surface area contributed by atoms with Crippen molar-refractivity contribution in [3.63, 3.8) is 0 Å². The van der Waals surface area contributed by atoms with Crippen LogP contribution in [0, 0.1) is 0 Å². The molecular formula is C17H26N2O2S. The fourth-order valence-electron chi connectivity index (χ4n) is 3.75. The van der Waals surface area contributed by atoms with Crippen molar-refractivity contribution in [1.82, 2.24) is 10.2 Å². The van der Waals surface area contributed by atoms with E-state index < -0.39 is 0 Å². The van der Waals surface area contributed by atoms with Gasteiger partial charge in [-0.3, -0.25) is 9.69 Å². The number of ether oxygens (including phenoxy) is 1. The van der Waals surface area contributed by atoms with Crippen molar-refractivity contribution in [2.45, 2.75) is 44.1 Å². The van der Waals surface area contributed by atoms with E-state index in [4.69, 9.17) is 4.74 Å². The van der Waals surface area contributed by atoms with Crippen LogP contribution < -0.4 is 5.32 Å². The van der Waals surface area contributed by atoms with Crippen LogP contribution in [0.4, 0.5) is 0 Å². The zero-order chi connectivity index (χ0) is 15.3. The lowest BCUT2D eigenvalue weighted by Gasteiger charge is -2.48. The molecule has 0 spiro atoms. The van der Waals surface area contributed by atoms with Crippen molar-refractivity contribution in [2.24, 2.45) is 0 Å². The average Bonchev–Trinajstić information content (AvgIpc) is 3.08. The van der Waals surface area contributed by atoms with E-state index in [1.807, 2.05) is 17.5 Å². The molecule has 4 nitrogen and oxygen atoms in total. The number of rotatable bonds is 5. The number of hydrogen-bond donors (Lipinski definition) is 1. The molecule has 22 heavy (non-hydrogen) atoms. The summed E-state index contributed by atoms with van der Waals surface area (Å²) in [6.45, 7) is 4.44. The Balaban J connectivity index is 1.58. The smallest absolute Gasteiger partial charge is 0.225 e. The molecule has 2 aliphatic rings. The first-order valence-electron chi connectivity index (χ1n) is 8.40. The molecule has 1 aromatic heterocycles. The molecule has 5 heteroatoms. The molecule has 122 valence electrons. The molecule has 0 bridgehead atoms. The van der Waals surface area contributed by atoms with E-state index in [9.17, 15) is 4.79 Å². The van der Waals surface area contributed by atoms with Gasteiger partial charge in [-0.2, -0.15) is 0 Å². The highest BCUT2D eigenvalue weighted by molar-refractivity contribution is 7.10. The molecule has 1 saturated carbocycles. The minimum atomic E-state index is 0.153. The molecule has 0 atom stereocenters. The SMILES string of the molecule is O=C(Cc1cccs1)NCC1(N2CCOCC2)CCCCC1. The van der Waals surface area contributed by atoms with Crippen molar-refractivity contribution < 1.29 is 9.53 Å². The van der Waals surface area contributed by atoms with Crippen LogP contribution in [0.1, 0.15) is 37.0 Å². The lowest BCUT2D eigenvalue weighted by atomic mass is 9.79. The molecule has 1 aromatic rings. The average molecular weight is 322 g/mol. The van der Waals surface area contributed by atoms with Gasteiger partial charge in [0, 0.05) is 30.1 Å². The second-order valence-corrected chi connectivity index (χ2v) is 7.45. The molecular weight excluding hydrogens is 296 g/mol. The molecule has 1 saturated heterocycles. The summed E-state index contributed by atoms with van der Waals surface area (Å²) in [5, 5.41) is 5.24. The van der Waals surface area contributed by atoms with Crippen LogP contribution in [0.25, 0.3) is 0 Å². The maximum atomic E-state index is 12.2. The number of carbonyl (C=O) groups excluding carboxylic acids is 1. The number of nitrogens with one attached hydrogen (secondary N) is 1. The summed E-state index contributed by atoms with van der Waals surface area (Å²) in [4.78, 5) is 15.9. The zero-order valence-corrected chi connectivity index (χ0v) is 14.0. The van der Waals surface area contributed by atoms with Gasteiger partial charge >= 0.3 is 0 Å². The van der Waals surface area contributed by atoms with Gasteiger partial charge in [-0.05, 0) is 24.3 Å². The maximum Gasteiger partial charge on any atom is 0.225 e. The van der Waals surface area contributed by atoms with E-state index in [2.05, 4.69) is 10.2 Å². The zero-order valence-electron chi connectivity index (χ0n) is 13.2. The topological polar surface area (TPSA) is 41.6 Å². The normalized spacial score (nSPS) is 22.4. The largest absolute Gasteiger partial charge is 0.379 e. The third-order valence-electron chi connectivity index (χ3n) is 5.00. The molecule has 3 rings (SSSR count). The number of thiophene rings is 1. The van der Waals surface area contributed by atoms with E-state index in [0.717, 1.165) is 37.7 Å². The van der Waals surface area contributed by atoms with Gasteiger partial charge in [0.05, 0.1) is 19.6 Å². The Morgan fingerprint density at radius 3 is 2.73 bits per heavy atom. The summed E-state index contributed by atoms with van der Waals surface area (Å²) in [5.41, 5.74) is 0.160. The van der Waals surface area contributed by atoms with Crippen LogP contribution in [0.5, 0.6) is 0 Å². The van der Waals surface area contributed by atoms with Gasteiger partial charge in [-0.15, -0.1) is 11.3 Å². The minimum Gasteiger partial charge on any atom is -0.379 e. The molecule has 2 heterocycles. The van der Waals surface area contributed by atoms with Crippen LogP contribution in [0.15, 0.2) is 17.5 Å². The quantitative estimate of drug-likeness (QED) is 0.905. The van der Waals surface area contributed by atoms with Crippen molar-refractivity contribution in [3.05, 3.63) is 22.4 Å². The Labute approximate surface area is 136 Å². The predicted octanol–water partition coefficient (Wildman–Crippen LogP) is 2.44. The number of amides is 1.